The number of hydrogen-bond donors (Lipinski definition) is 1. The van der Waals surface area contributed by atoms with Gasteiger partial charge < -0.3 is 14.6 Å². The van der Waals surface area contributed by atoms with Gasteiger partial charge >= 0.3 is 5.97 Å². The van der Waals surface area contributed by atoms with Crippen LogP contribution in [0, 0.1) is 0 Å². The number of carboxylic acid groups (broad SMARTS) is 1. The van der Waals surface area contributed by atoms with E-state index in [1.807, 2.05) is 0 Å². The van der Waals surface area contributed by atoms with E-state index in [0.29, 0.717) is 16.5 Å². The lowest BCUT2D eigenvalue weighted by Crippen LogP contribution is -2.09. The third-order valence-electron chi connectivity index (χ3n) is 1.49. The van der Waals surface area contributed by atoms with Gasteiger partial charge in [0, 0.05) is 6.07 Å². The number of benzene rings is 1. The van der Waals surface area contributed by atoms with E-state index in [2.05, 4.69) is 0 Å². The second-order valence-corrected chi connectivity index (χ2v) is 2.89. The van der Waals surface area contributed by atoms with Crippen LogP contribution in [0.1, 0.15) is 0 Å². The molecule has 1 aromatic rings. The van der Waals surface area contributed by atoms with Crippen molar-refractivity contribution in [3.63, 3.8) is 0 Å². The number of halogens is 1. The van der Waals surface area contributed by atoms with Gasteiger partial charge in [0.15, 0.2) is 6.61 Å². The van der Waals surface area contributed by atoms with Crippen LogP contribution in [0.5, 0.6) is 11.5 Å². The summed E-state index contributed by atoms with van der Waals surface area (Å²) in [6.45, 7) is -0.386. The van der Waals surface area contributed by atoms with Crippen molar-refractivity contribution in [2.45, 2.75) is 0 Å². The predicted octanol–water partition coefficient (Wildman–Crippen LogP) is 1.81. The highest BCUT2D eigenvalue weighted by Gasteiger charge is 2.03. The van der Waals surface area contributed by atoms with E-state index >= 15 is 0 Å². The molecule has 0 aliphatic heterocycles. The van der Waals surface area contributed by atoms with Crippen molar-refractivity contribution < 1.29 is 19.4 Å². The molecule has 0 bridgehead atoms. The molecule has 0 aliphatic carbocycles. The molecule has 0 saturated heterocycles. The van der Waals surface area contributed by atoms with Crippen LogP contribution in [-0.4, -0.2) is 24.8 Å². The van der Waals surface area contributed by atoms with Crippen LogP contribution in [0.2, 0.25) is 5.02 Å². The van der Waals surface area contributed by atoms with Gasteiger partial charge in [-0.3, -0.25) is 0 Å². The number of hydrogen-bond acceptors (Lipinski definition) is 3. The summed E-state index contributed by atoms with van der Waals surface area (Å²) in [6, 6.07) is 4.70. The van der Waals surface area contributed by atoms with Crippen LogP contribution in [0.25, 0.3) is 0 Å². The molecule has 1 N–H and O–H groups in total. The van der Waals surface area contributed by atoms with Crippen molar-refractivity contribution in [2.24, 2.45) is 0 Å². The molecule has 0 heterocycles. The van der Waals surface area contributed by atoms with Gasteiger partial charge in [0.05, 0.1) is 12.1 Å². The predicted molar refractivity (Wildman–Crippen MR) is 51.1 cm³/mol. The zero-order valence-corrected chi connectivity index (χ0v) is 8.25. The Kier molecular flexibility index (Phi) is 3.59. The average Bonchev–Trinajstić information content (AvgIpc) is 2.15. The molecule has 0 unspecified atom stereocenters. The summed E-state index contributed by atoms with van der Waals surface area (Å²) in [6.07, 6.45) is 0. The summed E-state index contributed by atoms with van der Waals surface area (Å²) < 4.78 is 9.83. The minimum Gasteiger partial charge on any atom is -0.495 e. The molecular formula is C9H9ClO4. The van der Waals surface area contributed by atoms with E-state index in [4.69, 9.17) is 26.2 Å². The number of aliphatic carboxylic acids is 1. The molecule has 76 valence electrons. The Morgan fingerprint density at radius 2 is 2.29 bits per heavy atom. The van der Waals surface area contributed by atoms with Gasteiger partial charge in [-0.15, -0.1) is 0 Å². The van der Waals surface area contributed by atoms with Crippen molar-refractivity contribution in [3.8, 4) is 11.5 Å². The summed E-state index contributed by atoms with van der Waals surface area (Å²) in [7, 11) is 1.50. The third kappa shape index (κ3) is 2.81. The monoisotopic (exact) mass is 216 g/mol. The Labute approximate surface area is 86.0 Å². The molecule has 1 aromatic carbocycles. The lowest BCUT2D eigenvalue weighted by molar-refractivity contribution is -0.139. The Morgan fingerprint density at radius 1 is 1.57 bits per heavy atom. The van der Waals surface area contributed by atoms with Crippen molar-refractivity contribution in [1.29, 1.82) is 0 Å². The van der Waals surface area contributed by atoms with Gasteiger partial charge in [-0.2, -0.15) is 0 Å². The zero-order valence-electron chi connectivity index (χ0n) is 7.49. The van der Waals surface area contributed by atoms with Gasteiger partial charge in [-0.25, -0.2) is 4.79 Å². The fraction of sp³-hybridized carbons (Fsp3) is 0.222. The van der Waals surface area contributed by atoms with Crippen LogP contribution in [-0.2, 0) is 4.79 Å². The Balaban J connectivity index is 2.71. The smallest absolute Gasteiger partial charge is 0.341 e. The summed E-state index contributed by atoms with van der Waals surface area (Å²) in [5.74, 6) is -0.107. The Morgan fingerprint density at radius 3 is 2.79 bits per heavy atom. The lowest BCUT2D eigenvalue weighted by atomic mass is 10.3. The van der Waals surface area contributed by atoms with Crippen molar-refractivity contribution in [2.75, 3.05) is 13.7 Å². The Hall–Kier alpha value is -1.42. The van der Waals surface area contributed by atoms with Crippen LogP contribution in [0.4, 0.5) is 0 Å². The minimum absolute atomic E-state index is 0.385. The summed E-state index contributed by atoms with van der Waals surface area (Å²) >= 11 is 5.79. The molecule has 0 saturated carbocycles. The number of carbonyl (C=O) groups is 1. The summed E-state index contributed by atoms with van der Waals surface area (Å²) in [5, 5.41) is 8.75. The maximum Gasteiger partial charge on any atom is 0.341 e. The summed E-state index contributed by atoms with van der Waals surface area (Å²) in [4.78, 5) is 10.2. The first kappa shape index (κ1) is 10.7. The number of carboxylic acids is 1. The van der Waals surface area contributed by atoms with E-state index in [1.165, 1.54) is 13.2 Å². The maximum absolute atomic E-state index is 10.2. The molecule has 0 aliphatic rings. The van der Waals surface area contributed by atoms with Crippen molar-refractivity contribution in [3.05, 3.63) is 23.2 Å². The zero-order chi connectivity index (χ0) is 10.6. The van der Waals surface area contributed by atoms with Gasteiger partial charge in [0.1, 0.15) is 11.5 Å². The third-order valence-corrected chi connectivity index (χ3v) is 1.78. The average molecular weight is 217 g/mol. The largest absolute Gasteiger partial charge is 0.495 e. The highest BCUT2D eigenvalue weighted by molar-refractivity contribution is 6.32. The van der Waals surface area contributed by atoms with Crippen LogP contribution in [0.3, 0.4) is 0 Å². The molecule has 0 aromatic heterocycles. The second-order valence-electron chi connectivity index (χ2n) is 2.48. The lowest BCUT2D eigenvalue weighted by Gasteiger charge is -2.06. The quantitative estimate of drug-likeness (QED) is 0.834. The first-order chi connectivity index (χ1) is 6.63. The molecular weight excluding hydrogens is 208 g/mol. The number of methoxy groups -OCH3 is 1. The first-order valence-electron chi connectivity index (χ1n) is 3.81. The van der Waals surface area contributed by atoms with E-state index in [1.54, 1.807) is 12.1 Å². The van der Waals surface area contributed by atoms with Gasteiger partial charge in [0.2, 0.25) is 0 Å². The minimum atomic E-state index is -1.03. The maximum atomic E-state index is 10.2. The molecule has 1 rings (SSSR count). The standard InChI is InChI=1S/C9H9ClO4/c1-13-8-3-2-6(4-7(8)10)14-5-9(11)12/h2-4H,5H2,1H3,(H,11,12). The fourth-order valence-electron chi connectivity index (χ4n) is 0.882. The van der Waals surface area contributed by atoms with E-state index in [0.717, 1.165) is 0 Å². The van der Waals surface area contributed by atoms with E-state index in [-0.39, 0.29) is 6.61 Å². The van der Waals surface area contributed by atoms with Crippen LogP contribution in [0.15, 0.2) is 18.2 Å². The number of ether oxygens (including phenoxy) is 2. The van der Waals surface area contributed by atoms with Gasteiger partial charge in [-0.1, -0.05) is 11.6 Å². The van der Waals surface area contributed by atoms with Crippen LogP contribution < -0.4 is 9.47 Å². The second kappa shape index (κ2) is 4.72. The normalized spacial score (nSPS) is 9.57. The molecule has 0 radical (unpaired) electrons. The van der Waals surface area contributed by atoms with Crippen molar-refractivity contribution >= 4 is 17.6 Å². The SMILES string of the molecule is COc1ccc(OCC(=O)O)cc1Cl. The van der Waals surface area contributed by atoms with Crippen LogP contribution >= 0.6 is 11.6 Å². The molecule has 0 amide bonds. The molecule has 5 heteroatoms. The molecule has 14 heavy (non-hydrogen) atoms. The summed E-state index contributed by atoms with van der Waals surface area (Å²) in [5.41, 5.74) is 0. The van der Waals surface area contributed by atoms with Crippen molar-refractivity contribution in [1.82, 2.24) is 0 Å². The molecule has 0 atom stereocenters. The highest BCUT2D eigenvalue weighted by Crippen LogP contribution is 2.28. The molecule has 0 spiro atoms. The molecule has 4 nitrogen and oxygen atoms in total. The first-order valence-corrected chi connectivity index (χ1v) is 4.19. The van der Waals surface area contributed by atoms with Gasteiger partial charge in [0.25, 0.3) is 0 Å². The highest BCUT2D eigenvalue weighted by atomic mass is 35.5. The van der Waals surface area contributed by atoms with E-state index < -0.39 is 5.97 Å². The molecule has 0 fully saturated rings. The number of rotatable bonds is 4. The fourth-order valence-corrected chi connectivity index (χ4v) is 1.13. The van der Waals surface area contributed by atoms with E-state index in [9.17, 15) is 4.79 Å². The van der Waals surface area contributed by atoms with Gasteiger partial charge in [-0.05, 0) is 12.1 Å². The Bertz CT molecular complexity index is 338. The topological polar surface area (TPSA) is 55.8 Å².